The van der Waals surface area contributed by atoms with E-state index in [9.17, 15) is 9.59 Å². The summed E-state index contributed by atoms with van der Waals surface area (Å²) in [6, 6.07) is 1.70. The van der Waals surface area contributed by atoms with Gasteiger partial charge in [0, 0.05) is 24.1 Å². The first kappa shape index (κ1) is 17.6. The molecule has 2 N–H and O–H groups in total. The molecule has 0 unspecified atom stereocenters. The van der Waals surface area contributed by atoms with Crippen molar-refractivity contribution in [3.8, 4) is 0 Å². The number of aromatic nitrogens is 2. The van der Waals surface area contributed by atoms with Crippen molar-refractivity contribution in [1.82, 2.24) is 14.9 Å². The zero-order chi connectivity index (χ0) is 16.8. The van der Waals surface area contributed by atoms with Gasteiger partial charge in [-0.05, 0) is 13.8 Å². The average molecular weight is 354 g/mol. The summed E-state index contributed by atoms with van der Waals surface area (Å²) >= 11 is 2.76. The third-order valence-electron chi connectivity index (χ3n) is 2.84. The highest BCUT2D eigenvalue weighted by atomic mass is 32.2. The van der Waals surface area contributed by atoms with E-state index in [1.807, 2.05) is 6.92 Å². The standard InChI is InChI=1S/C14H18N4O3S2/c1-3-21-13(20)7-12-18(11(19)8-23-12)4-5-22-14-16-9(2)6-10(15)17-14/h6-7H,3-5,8H2,1-2H3,(H2,15,16,17)/b12-7+. The third kappa shape index (κ3) is 5.14. The van der Waals surface area contributed by atoms with Crippen molar-refractivity contribution in [2.45, 2.75) is 19.0 Å². The number of amides is 1. The van der Waals surface area contributed by atoms with Gasteiger partial charge in [-0.2, -0.15) is 0 Å². The van der Waals surface area contributed by atoms with Gasteiger partial charge in [0.2, 0.25) is 5.91 Å². The first-order valence-corrected chi connectivity index (χ1v) is 9.02. The number of hydrogen-bond acceptors (Lipinski definition) is 8. The molecule has 9 heteroatoms. The molecule has 1 aliphatic heterocycles. The van der Waals surface area contributed by atoms with E-state index >= 15 is 0 Å². The summed E-state index contributed by atoms with van der Waals surface area (Å²) in [4.78, 5) is 33.5. The first-order valence-electron chi connectivity index (χ1n) is 7.05. The van der Waals surface area contributed by atoms with Crippen LogP contribution in [-0.4, -0.2) is 51.4 Å². The van der Waals surface area contributed by atoms with Crippen LogP contribution in [0.4, 0.5) is 5.82 Å². The minimum Gasteiger partial charge on any atom is -0.463 e. The number of esters is 1. The van der Waals surface area contributed by atoms with E-state index in [-0.39, 0.29) is 5.91 Å². The Labute approximate surface area is 143 Å². The SMILES string of the molecule is CCOC(=O)/C=C1/SCC(=O)N1CCSc1nc(C)cc(N)n1. The van der Waals surface area contributed by atoms with Crippen molar-refractivity contribution in [1.29, 1.82) is 0 Å². The van der Waals surface area contributed by atoms with Crippen LogP contribution in [0.15, 0.2) is 22.3 Å². The molecule has 0 spiro atoms. The fraction of sp³-hybridized carbons (Fsp3) is 0.429. The lowest BCUT2D eigenvalue weighted by atomic mass is 10.4. The molecule has 0 bridgehead atoms. The number of ether oxygens (including phenoxy) is 1. The maximum atomic E-state index is 11.9. The molecule has 2 heterocycles. The van der Waals surface area contributed by atoms with Gasteiger partial charge in [0.05, 0.1) is 23.5 Å². The summed E-state index contributed by atoms with van der Waals surface area (Å²) < 4.78 is 4.88. The normalized spacial score (nSPS) is 16.2. The van der Waals surface area contributed by atoms with Gasteiger partial charge in [-0.15, -0.1) is 0 Å². The lowest BCUT2D eigenvalue weighted by Gasteiger charge is -2.16. The molecule has 2 rings (SSSR count). The van der Waals surface area contributed by atoms with E-state index in [1.165, 1.54) is 29.6 Å². The van der Waals surface area contributed by atoms with Crippen LogP contribution in [0.3, 0.4) is 0 Å². The molecule has 0 atom stereocenters. The van der Waals surface area contributed by atoms with E-state index in [2.05, 4.69) is 9.97 Å². The van der Waals surface area contributed by atoms with Gasteiger partial charge >= 0.3 is 5.97 Å². The van der Waals surface area contributed by atoms with Gasteiger partial charge in [0.15, 0.2) is 5.16 Å². The molecule has 124 valence electrons. The second-order valence-corrected chi connectivity index (χ2v) is 6.69. The number of hydrogen-bond donors (Lipinski definition) is 1. The molecule has 23 heavy (non-hydrogen) atoms. The molecule has 1 aliphatic rings. The molecule has 1 aromatic heterocycles. The van der Waals surface area contributed by atoms with Gasteiger partial charge in [0.25, 0.3) is 0 Å². The summed E-state index contributed by atoms with van der Waals surface area (Å²) in [5, 5.41) is 1.21. The van der Waals surface area contributed by atoms with Crippen molar-refractivity contribution >= 4 is 41.2 Å². The molecular weight excluding hydrogens is 336 g/mol. The van der Waals surface area contributed by atoms with Crippen LogP contribution in [0.5, 0.6) is 0 Å². The summed E-state index contributed by atoms with van der Waals surface area (Å²) in [5.41, 5.74) is 6.49. The Kier molecular flexibility index (Phi) is 6.28. The number of nitrogens with two attached hydrogens (primary N) is 1. The summed E-state index contributed by atoms with van der Waals surface area (Å²) in [6.45, 7) is 4.37. The van der Waals surface area contributed by atoms with Crippen molar-refractivity contribution in [3.63, 3.8) is 0 Å². The first-order chi connectivity index (χ1) is 11.0. The maximum absolute atomic E-state index is 11.9. The second-order valence-electron chi connectivity index (χ2n) is 4.63. The Morgan fingerprint density at radius 1 is 1.57 bits per heavy atom. The van der Waals surface area contributed by atoms with Crippen molar-refractivity contribution in [2.75, 3.05) is 30.4 Å². The van der Waals surface area contributed by atoms with Gasteiger partial charge in [-0.3, -0.25) is 4.79 Å². The predicted octanol–water partition coefficient (Wildman–Crippen LogP) is 1.44. The van der Waals surface area contributed by atoms with Gasteiger partial charge in [0.1, 0.15) is 5.82 Å². The average Bonchev–Trinajstić information content (AvgIpc) is 2.79. The Morgan fingerprint density at radius 3 is 3.04 bits per heavy atom. The predicted molar refractivity (Wildman–Crippen MR) is 90.8 cm³/mol. The minimum absolute atomic E-state index is 0.0178. The highest BCUT2D eigenvalue weighted by Gasteiger charge is 2.27. The number of nitrogens with zero attached hydrogens (tertiary/aromatic N) is 3. The number of aryl methyl sites for hydroxylation is 1. The Hall–Kier alpha value is -1.74. The smallest absolute Gasteiger partial charge is 0.333 e. The Morgan fingerprint density at radius 2 is 2.35 bits per heavy atom. The van der Waals surface area contributed by atoms with Gasteiger partial charge < -0.3 is 15.4 Å². The largest absolute Gasteiger partial charge is 0.463 e. The molecule has 1 amide bonds. The molecule has 1 fully saturated rings. The fourth-order valence-electron chi connectivity index (χ4n) is 1.91. The molecule has 0 radical (unpaired) electrons. The quantitative estimate of drug-likeness (QED) is 0.355. The van der Waals surface area contributed by atoms with Crippen LogP contribution >= 0.6 is 23.5 Å². The summed E-state index contributed by atoms with van der Waals surface area (Å²) in [5.74, 6) is 0.919. The lowest BCUT2D eigenvalue weighted by molar-refractivity contribution is -0.137. The molecule has 0 aliphatic carbocycles. The zero-order valence-electron chi connectivity index (χ0n) is 12.9. The molecule has 1 saturated heterocycles. The monoisotopic (exact) mass is 354 g/mol. The number of carbonyl (C=O) groups is 2. The molecular formula is C14H18N4O3S2. The topological polar surface area (TPSA) is 98.4 Å². The Bertz CT molecular complexity index is 616. The zero-order valence-corrected chi connectivity index (χ0v) is 14.6. The number of carbonyl (C=O) groups excluding carboxylic acids is 2. The number of rotatable bonds is 6. The summed E-state index contributed by atoms with van der Waals surface area (Å²) in [7, 11) is 0. The van der Waals surface area contributed by atoms with Crippen molar-refractivity contribution in [3.05, 3.63) is 22.9 Å². The summed E-state index contributed by atoms with van der Waals surface area (Å²) in [6.07, 6.45) is 1.37. The fourth-order valence-corrected chi connectivity index (χ4v) is 3.70. The van der Waals surface area contributed by atoms with E-state index in [1.54, 1.807) is 17.9 Å². The van der Waals surface area contributed by atoms with E-state index in [0.717, 1.165) is 5.69 Å². The third-order valence-corrected chi connectivity index (χ3v) is 4.69. The minimum atomic E-state index is -0.433. The highest BCUT2D eigenvalue weighted by Crippen LogP contribution is 2.29. The number of anilines is 1. The van der Waals surface area contributed by atoms with Crippen LogP contribution in [0.25, 0.3) is 0 Å². The highest BCUT2D eigenvalue weighted by molar-refractivity contribution is 8.04. The van der Waals surface area contributed by atoms with Gasteiger partial charge in [-0.25, -0.2) is 14.8 Å². The maximum Gasteiger partial charge on any atom is 0.333 e. The second kappa shape index (κ2) is 8.21. The van der Waals surface area contributed by atoms with E-state index in [4.69, 9.17) is 10.5 Å². The molecule has 0 saturated carbocycles. The van der Waals surface area contributed by atoms with Crippen LogP contribution in [0, 0.1) is 6.92 Å². The lowest BCUT2D eigenvalue weighted by Crippen LogP contribution is -2.27. The van der Waals surface area contributed by atoms with Crippen LogP contribution in [0.2, 0.25) is 0 Å². The van der Waals surface area contributed by atoms with E-state index < -0.39 is 5.97 Å². The van der Waals surface area contributed by atoms with Crippen LogP contribution in [0.1, 0.15) is 12.6 Å². The van der Waals surface area contributed by atoms with E-state index in [0.29, 0.717) is 40.7 Å². The van der Waals surface area contributed by atoms with Crippen molar-refractivity contribution < 1.29 is 14.3 Å². The number of nitrogen functional groups attached to an aromatic ring is 1. The van der Waals surface area contributed by atoms with Gasteiger partial charge in [-0.1, -0.05) is 23.5 Å². The molecule has 7 nitrogen and oxygen atoms in total. The molecule has 1 aromatic rings. The van der Waals surface area contributed by atoms with Crippen LogP contribution < -0.4 is 5.73 Å². The molecule has 0 aromatic carbocycles. The number of thioether (sulfide) groups is 2. The Balaban J connectivity index is 1.94. The van der Waals surface area contributed by atoms with Crippen LogP contribution in [-0.2, 0) is 14.3 Å². The van der Waals surface area contributed by atoms with Crippen molar-refractivity contribution in [2.24, 2.45) is 0 Å².